The van der Waals surface area contributed by atoms with Crippen molar-refractivity contribution in [3.63, 3.8) is 0 Å². The number of nitrogens with zero attached hydrogens (tertiary/aromatic N) is 3. The summed E-state index contributed by atoms with van der Waals surface area (Å²) < 4.78 is 44.2. The average molecular weight is 491 g/mol. The molecule has 0 aromatic carbocycles. The molecule has 8 nitrogen and oxygen atoms in total. The number of nitrogens with one attached hydrogen (secondary N) is 3. The van der Waals surface area contributed by atoms with Gasteiger partial charge in [-0.15, -0.1) is 0 Å². The number of hydrazine groups is 1. The van der Waals surface area contributed by atoms with Crippen molar-refractivity contribution in [1.82, 2.24) is 31.0 Å². The van der Waals surface area contributed by atoms with Crippen molar-refractivity contribution in [1.29, 1.82) is 0 Å². The molecule has 5 atom stereocenters. The van der Waals surface area contributed by atoms with E-state index in [1.165, 1.54) is 12.3 Å². The number of aromatic nitrogens is 2. The number of ether oxygens (including phenoxy) is 1. The Kier molecular flexibility index (Phi) is 6.41. The fourth-order valence-electron chi connectivity index (χ4n) is 5.18. The van der Waals surface area contributed by atoms with Crippen molar-refractivity contribution >= 4 is 5.91 Å². The van der Waals surface area contributed by atoms with Crippen molar-refractivity contribution in [3.8, 4) is 5.75 Å². The molecule has 2 saturated heterocycles. The number of hydrogen-bond acceptors (Lipinski definition) is 7. The fraction of sp³-hybridized carbons (Fsp3) is 0.542. The smallest absolute Gasteiger partial charge is 0.433 e. The van der Waals surface area contributed by atoms with Gasteiger partial charge in [0.15, 0.2) is 0 Å². The van der Waals surface area contributed by atoms with Crippen molar-refractivity contribution < 1.29 is 22.7 Å². The minimum atomic E-state index is -4.49. The predicted molar refractivity (Wildman–Crippen MR) is 121 cm³/mol. The molecule has 1 amide bonds. The van der Waals surface area contributed by atoms with Crippen molar-refractivity contribution in [2.45, 2.75) is 63.2 Å². The molecule has 0 spiro atoms. The van der Waals surface area contributed by atoms with Crippen LogP contribution in [0.4, 0.5) is 13.2 Å². The topological polar surface area (TPSA) is 91.4 Å². The van der Waals surface area contributed by atoms with E-state index in [1.54, 1.807) is 13.3 Å². The lowest BCUT2D eigenvalue weighted by molar-refractivity contribution is -0.141. The molecule has 5 rings (SSSR count). The molecule has 11 heteroatoms. The lowest BCUT2D eigenvalue weighted by atomic mass is 9.91. The Hall–Kier alpha value is -2.76. The maximum absolute atomic E-state index is 13.3. The van der Waals surface area contributed by atoms with E-state index >= 15 is 0 Å². The Morgan fingerprint density at radius 2 is 1.97 bits per heavy atom. The molecule has 3 fully saturated rings. The summed E-state index contributed by atoms with van der Waals surface area (Å²) in [7, 11) is 1.58. The van der Waals surface area contributed by atoms with Crippen molar-refractivity contribution in [3.05, 3.63) is 53.6 Å². The Morgan fingerprint density at radius 1 is 1.17 bits per heavy atom. The van der Waals surface area contributed by atoms with Crippen LogP contribution >= 0.6 is 0 Å². The van der Waals surface area contributed by atoms with Gasteiger partial charge in [-0.05, 0) is 48.9 Å². The minimum Gasteiger partial charge on any atom is -0.495 e. The zero-order valence-corrected chi connectivity index (χ0v) is 19.5. The third-order valence-corrected chi connectivity index (χ3v) is 7.08. The lowest BCUT2D eigenvalue weighted by Crippen LogP contribution is -2.65. The van der Waals surface area contributed by atoms with Gasteiger partial charge in [-0.2, -0.15) is 13.2 Å². The summed E-state index contributed by atoms with van der Waals surface area (Å²) >= 11 is 0. The second kappa shape index (κ2) is 9.36. The van der Waals surface area contributed by atoms with Gasteiger partial charge in [0, 0.05) is 24.4 Å². The van der Waals surface area contributed by atoms with E-state index in [-0.39, 0.29) is 36.2 Å². The first kappa shape index (κ1) is 24.0. The van der Waals surface area contributed by atoms with Crippen LogP contribution in [0.3, 0.4) is 0 Å². The number of fused-ring (bicyclic) bond motifs is 1. The summed E-state index contributed by atoms with van der Waals surface area (Å²) in [5, 5.41) is 8.68. The molecule has 0 bridgehead atoms. The molecular weight excluding hydrogens is 461 g/mol. The minimum absolute atomic E-state index is 0.0241. The van der Waals surface area contributed by atoms with Gasteiger partial charge in [-0.1, -0.05) is 13.0 Å². The molecule has 188 valence electrons. The second-order valence-corrected chi connectivity index (χ2v) is 9.39. The molecule has 1 saturated carbocycles. The first-order valence-corrected chi connectivity index (χ1v) is 11.9. The van der Waals surface area contributed by atoms with E-state index in [4.69, 9.17) is 4.74 Å². The Morgan fingerprint density at radius 3 is 2.54 bits per heavy atom. The number of hydrogen-bond donors (Lipinski definition) is 3. The van der Waals surface area contributed by atoms with E-state index in [0.29, 0.717) is 30.1 Å². The fourth-order valence-corrected chi connectivity index (χ4v) is 5.18. The van der Waals surface area contributed by atoms with Crippen molar-refractivity contribution in [2.24, 2.45) is 11.8 Å². The molecule has 35 heavy (non-hydrogen) atoms. The number of amides is 1. The second-order valence-electron chi connectivity index (χ2n) is 9.39. The number of alkyl halides is 3. The van der Waals surface area contributed by atoms with Gasteiger partial charge < -0.3 is 10.1 Å². The van der Waals surface area contributed by atoms with Crippen LogP contribution in [-0.4, -0.2) is 46.4 Å². The summed E-state index contributed by atoms with van der Waals surface area (Å²) in [6, 6.07) is 5.91. The quantitative estimate of drug-likeness (QED) is 0.550. The average Bonchev–Trinajstić information content (AvgIpc) is 3.61. The highest BCUT2D eigenvalue weighted by molar-refractivity contribution is 5.81. The first-order valence-electron chi connectivity index (χ1n) is 11.9. The molecule has 2 aliphatic heterocycles. The van der Waals surface area contributed by atoms with E-state index in [9.17, 15) is 18.0 Å². The van der Waals surface area contributed by atoms with E-state index in [0.717, 1.165) is 24.6 Å². The zero-order chi connectivity index (χ0) is 24.7. The van der Waals surface area contributed by atoms with Crippen LogP contribution in [0.5, 0.6) is 5.75 Å². The molecule has 2 aromatic rings. The number of rotatable bonds is 7. The van der Waals surface area contributed by atoms with Crippen LogP contribution in [-0.2, 0) is 17.4 Å². The molecule has 3 N–H and O–H groups in total. The first-order chi connectivity index (χ1) is 16.8. The molecule has 2 aromatic heterocycles. The van der Waals surface area contributed by atoms with Crippen LogP contribution in [0.1, 0.15) is 49.2 Å². The third-order valence-electron chi connectivity index (χ3n) is 7.08. The van der Waals surface area contributed by atoms with Crippen LogP contribution in [0.15, 0.2) is 36.7 Å². The van der Waals surface area contributed by atoms with Gasteiger partial charge in [0.05, 0.1) is 37.6 Å². The molecule has 4 heterocycles. The Balaban J connectivity index is 1.39. The Labute approximate surface area is 201 Å². The molecule has 0 radical (unpaired) electrons. The van der Waals surface area contributed by atoms with Gasteiger partial charge >= 0.3 is 6.18 Å². The number of carbonyl (C=O) groups excluding carboxylic acids is 1. The zero-order valence-electron chi connectivity index (χ0n) is 19.5. The monoisotopic (exact) mass is 490 g/mol. The largest absolute Gasteiger partial charge is 0.495 e. The van der Waals surface area contributed by atoms with Crippen LogP contribution < -0.4 is 20.8 Å². The maximum Gasteiger partial charge on any atom is 0.433 e. The van der Waals surface area contributed by atoms with Gasteiger partial charge in [-0.3, -0.25) is 20.1 Å². The van der Waals surface area contributed by atoms with Crippen LogP contribution in [0.2, 0.25) is 0 Å². The molecular formula is C24H29F3N6O2. The molecule has 5 unspecified atom stereocenters. The normalized spacial score (nSPS) is 27.9. The van der Waals surface area contributed by atoms with Gasteiger partial charge in [0.2, 0.25) is 5.91 Å². The summed E-state index contributed by atoms with van der Waals surface area (Å²) in [5.41, 5.74) is 4.11. The van der Waals surface area contributed by atoms with Crippen LogP contribution in [0, 0.1) is 11.8 Å². The standard InChI is InChI=1S/C24H29F3N6O2/c1-3-17(14-6-9-18(29-11-14)24(25,26)27)33-22-20(21(32-33)13-4-5-13)23(34)31-19(30-22)10-15-7-8-16(35-2)12-28-15/h6-9,11-13,17,19-22,30,32H,3-5,10H2,1-2H3,(H,31,34). The summed E-state index contributed by atoms with van der Waals surface area (Å²) in [5.74, 6) is 0.727. The van der Waals surface area contributed by atoms with E-state index < -0.39 is 11.9 Å². The highest BCUT2D eigenvalue weighted by Gasteiger charge is 2.55. The predicted octanol–water partition coefficient (Wildman–Crippen LogP) is 2.78. The van der Waals surface area contributed by atoms with Gasteiger partial charge in [0.25, 0.3) is 0 Å². The summed E-state index contributed by atoms with van der Waals surface area (Å²) in [4.78, 5) is 21.3. The molecule has 3 aliphatic rings. The highest BCUT2D eigenvalue weighted by Crippen LogP contribution is 2.43. The third kappa shape index (κ3) is 4.85. The number of carbonyl (C=O) groups is 1. The van der Waals surface area contributed by atoms with E-state index in [2.05, 4.69) is 26.0 Å². The van der Waals surface area contributed by atoms with E-state index in [1.807, 2.05) is 24.1 Å². The van der Waals surface area contributed by atoms with Crippen LogP contribution in [0.25, 0.3) is 0 Å². The van der Waals surface area contributed by atoms with Crippen molar-refractivity contribution in [2.75, 3.05) is 7.11 Å². The lowest BCUT2D eigenvalue weighted by Gasteiger charge is -2.39. The number of pyridine rings is 2. The maximum atomic E-state index is 13.3. The molecule has 1 aliphatic carbocycles. The SMILES string of the molecule is CCC(c1ccc(C(F)(F)F)nc1)N1NC(C2CC2)C2C(=O)NC(Cc3ccc(OC)cn3)NC21. The summed E-state index contributed by atoms with van der Waals surface area (Å²) in [6.45, 7) is 1.98. The van der Waals surface area contributed by atoms with Gasteiger partial charge in [0.1, 0.15) is 11.4 Å². The number of methoxy groups -OCH3 is 1. The van der Waals surface area contributed by atoms with Gasteiger partial charge in [-0.25, -0.2) is 10.4 Å². The summed E-state index contributed by atoms with van der Waals surface area (Å²) in [6.07, 6.45) is 1.02. The number of halogens is 3. The highest BCUT2D eigenvalue weighted by atomic mass is 19.4. The Bertz CT molecular complexity index is 1040.